The van der Waals surface area contributed by atoms with E-state index in [1.54, 1.807) is 35.4 Å². The van der Waals surface area contributed by atoms with Gasteiger partial charge in [0.2, 0.25) is 11.8 Å². The molecule has 6 nitrogen and oxygen atoms in total. The summed E-state index contributed by atoms with van der Waals surface area (Å²) in [4.78, 5) is 32.8. The molecule has 2 heterocycles. The number of amides is 2. The molecular formula is C21H26N4O2. The van der Waals surface area contributed by atoms with Crippen LogP contribution in [0, 0.1) is 0 Å². The summed E-state index contributed by atoms with van der Waals surface area (Å²) in [7, 11) is 1.84. The van der Waals surface area contributed by atoms with Gasteiger partial charge >= 0.3 is 0 Å². The predicted molar refractivity (Wildman–Crippen MR) is 104 cm³/mol. The smallest absolute Gasteiger partial charge is 0.248 e. The van der Waals surface area contributed by atoms with E-state index in [0.29, 0.717) is 5.56 Å². The van der Waals surface area contributed by atoms with Gasteiger partial charge in [0.1, 0.15) is 0 Å². The van der Waals surface area contributed by atoms with Crippen LogP contribution in [0.4, 0.5) is 0 Å². The first kappa shape index (κ1) is 19.0. The molecule has 0 spiro atoms. The minimum Gasteiger partial charge on any atom is -0.366 e. The highest BCUT2D eigenvalue weighted by atomic mass is 16.2. The lowest BCUT2D eigenvalue weighted by Gasteiger charge is -2.31. The van der Waals surface area contributed by atoms with Crippen molar-refractivity contribution in [1.82, 2.24) is 14.8 Å². The Morgan fingerprint density at radius 3 is 2.44 bits per heavy atom. The Kier molecular flexibility index (Phi) is 6.19. The molecule has 1 aliphatic rings. The van der Waals surface area contributed by atoms with Gasteiger partial charge in [0.25, 0.3) is 0 Å². The van der Waals surface area contributed by atoms with Gasteiger partial charge in [0.05, 0.1) is 18.2 Å². The topological polar surface area (TPSA) is 79.5 Å². The summed E-state index contributed by atoms with van der Waals surface area (Å²) in [5.41, 5.74) is 7.48. The van der Waals surface area contributed by atoms with Gasteiger partial charge in [0, 0.05) is 25.4 Å². The molecule has 0 saturated carbocycles. The SMILES string of the molecule is CN(C(=O)Cc1ccc(C(N)=O)cc1)C(CN1CCCC1)c1ccccn1. The minimum atomic E-state index is -0.467. The molecule has 1 aromatic carbocycles. The standard InChI is InChI=1S/C21H26N4O2/c1-24(20(26)14-16-7-9-17(10-8-16)21(22)27)19(15-25-12-4-5-13-25)18-6-2-3-11-23-18/h2-3,6-11,19H,4-5,12-15H2,1H3,(H2,22,27). The maximum absolute atomic E-state index is 12.9. The Hall–Kier alpha value is -2.73. The van der Waals surface area contributed by atoms with E-state index in [0.717, 1.165) is 30.9 Å². The molecule has 27 heavy (non-hydrogen) atoms. The van der Waals surface area contributed by atoms with Crippen molar-refractivity contribution >= 4 is 11.8 Å². The fourth-order valence-electron chi connectivity index (χ4n) is 3.46. The lowest BCUT2D eigenvalue weighted by Crippen LogP contribution is -2.39. The molecule has 2 aromatic rings. The third-order valence-electron chi connectivity index (χ3n) is 5.11. The largest absolute Gasteiger partial charge is 0.366 e. The van der Waals surface area contributed by atoms with Crippen molar-refractivity contribution in [3.05, 3.63) is 65.5 Å². The molecule has 6 heteroatoms. The summed E-state index contributed by atoms with van der Waals surface area (Å²) in [5.74, 6) is -0.442. The first-order valence-electron chi connectivity index (χ1n) is 9.32. The van der Waals surface area contributed by atoms with E-state index in [-0.39, 0.29) is 18.4 Å². The summed E-state index contributed by atoms with van der Waals surface area (Å²) in [6, 6.07) is 12.6. The van der Waals surface area contributed by atoms with Gasteiger partial charge in [-0.1, -0.05) is 18.2 Å². The fourth-order valence-corrected chi connectivity index (χ4v) is 3.46. The molecule has 1 saturated heterocycles. The van der Waals surface area contributed by atoms with Gasteiger partial charge < -0.3 is 15.5 Å². The molecule has 1 atom stereocenters. The van der Waals surface area contributed by atoms with E-state index in [1.807, 2.05) is 25.2 Å². The third kappa shape index (κ3) is 4.92. The number of primary amides is 1. The fraction of sp³-hybridized carbons (Fsp3) is 0.381. The number of benzene rings is 1. The molecule has 1 fully saturated rings. The van der Waals surface area contributed by atoms with Crippen molar-refractivity contribution in [2.75, 3.05) is 26.7 Å². The van der Waals surface area contributed by atoms with Crippen LogP contribution in [-0.2, 0) is 11.2 Å². The van der Waals surface area contributed by atoms with Crippen LogP contribution in [-0.4, -0.2) is 53.3 Å². The number of hydrogen-bond acceptors (Lipinski definition) is 4. The zero-order chi connectivity index (χ0) is 19.2. The van der Waals surface area contributed by atoms with E-state index in [4.69, 9.17) is 5.73 Å². The Morgan fingerprint density at radius 1 is 1.15 bits per heavy atom. The Labute approximate surface area is 160 Å². The molecule has 0 bridgehead atoms. The molecule has 2 N–H and O–H groups in total. The van der Waals surface area contributed by atoms with E-state index < -0.39 is 5.91 Å². The second-order valence-electron chi connectivity index (χ2n) is 7.02. The third-order valence-corrected chi connectivity index (χ3v) is 5.11. The van der Waals surface area contributed by atoms with Crippen molar-refractivity contribution in [3.63, 3.8) is 0 Å². The average molecular weight is 366 g/mol. The predicted octanol–water partition coefficient (Wildman–Crippen LogP) is 2.02. The Bertz CT molecular complexity index is 771. The lowest BCUT2D eigenvalue weighted by molar-refractivity contribution is -0.131. The Morgan fingerprint density at radius 2 is 1.85 bits per heavy atom. The Balaban J connectivity index is 1.72. The van der Waals surface area contributed by atoms with Crippen LogP contribution < -0.4 is 5.73 Å². The van der Waals surface area contributed by atoms with Gasteiger partial charge in [-0.3, -0.25) is 14.6 Å². The molecular weight excluding hydrogens is 340 g/mol. The number of hydrogen-bond donors (Lipinski definition) is 1. The van der Waals surface area contributed by atoms with Crippen LogP contribution in [0.15, 0.2) is 48.7 Å². The normalized spacial score (nSPS) is 15.4. The van der Waals surface area contributed by atoms with Gasteiger partial charge in [-0.15, -0.1) is 0 Å². The molecule has 2 amide bonds. The number of nitrogens with two attached hydrogens (primary N) is 1. The van der Waals surface area contributed by atoms with Crippen molar-refractivity contribution in [2.24, 2.45) is 5.73 Å². The minimum absolute atomic E-state index is 0.0247. The molecule has 1 aliphatic heterocycles. The van der Waals surface area contributed by atoms with Crippen LogP contribution in [0.3, 0.4) is 0 Å². The second kappa shape index (κ2) is 8.77. The van der Waals surface area contributed by atoms with Crippen molar-refractivity contribution in [1.29, 1.82) is 0 Å². The zero-order valence-electron chi connectivity index (χ0n) is 15.7. The van der Waals surface area contributed by atoms with Crippen LogP contribution in [0.2, 0.25) is 0 Å². The summed E-state index contributed by atoms with van der Waals surface area (Å²) in [6.45, 7) is 2.93. The highest BCUT2D eigenvalue weighted by Crippen LogP contribution is 2.22. The molecule has 1 aromatic heterocycles. The van der Waals surface area contributed by atoms with E-state index in [2.05, 4.69) is 9.88 Å². The highest BCUT2D eigenvalue weighted by Gasteiger charge is 2.26. The van der Waals surface area contributed by atoms with Gasteiger partial charge in [-0.05, 0) is 55.8 Å². The number of likely N-dealkylation sites (tertiary alicyclic amines) is 1. The second-order valence-corrected chi connectivity index (χ2v) is 7.02. The van der Waals surface area contributed by atoms with Gasteiger partial charge in [-0.25, -0.2) is 0 Å². The monoisotopic (exact) mass is 366 g/mol. The van der Waals surface area contributed by atoms with Crippen molar-refractivity contribution in [2.45, 2.75) is 25.3 Å². The number of likely N-dealkylation sites (N-methyl/N-ethyl adjacent to an activating group) is 1. The zero-order valence-corrected chi connectivity index (χ0v) is 15.7. The molecule has 0 radical (unpaired) electrons. The summed E-state index contributed by atoms with van der Waals surface area (Å²) >= 11 is 0. The van der Waals surface area contributed by atoms with Crippen LogP contribution in [0.1, 0.15) is 40.5 Å². The quantitative estimate of drug-likeness (QED) is 0.813. The number of carbonyl (C=O) groups excluding carboxylic acids is 2. The van der Waals surface area contributed by atoms with Crippen LogP contribution in [0.5, 0.6) is 0 Å². The van der Waals surface area contributed by atoms with Crippen molar-refractivity contribution in [3.8, 4) is 0 Å². The molecule has 0 aliphatic carbocycles. The maximum Gasteiger partial charge on any atom is 0.248 e. The van der Waals surface area contributed by atoms with Gasteiger partial charge in [0.15, 0.2) is 0 Å². The number of pyridine rings is 1. The molecule has 3 rings (SSSR count). The van der Waals surface area contributed by atoms with Crippen LogP contribution in [0.25, 0.3) is 0 Å². The summed E-state index contributed by atoms with van der Waals surface area (Å²) < 4.78 is 0. The van der Waals surface area contributed by atoms with Gasteiger partial charge in [-0.2, -0.15) is 0 Å². The molecule has 142 valence electrons. The van der Waals surface area contributed by atoms with E-state index in [9.17, 15) is 9.59 Å². The summed E-state index contributed by atoms with van der Waals surface area (Å²) in [6.07, 6.45) is 4.46. The highest BCUT2D eigenvalue weighted by molar-refractivity contribution is 5.92. The van der Waals surface area contributed by atoms with E-state index in [1.165, 1.54) is 12.8 Å². The average Bonchev–Trinajstić information content (AvgIpc) is 3.20. The lowest BCUT2D eigenvalue weighted by atomic mass is 10.1. The maximum atomic E-state index is 12.9. The van der Waals surface area contributed by atoms with Crippen LogP contribution >= 0.6 is 0 Å². The number of carbonyl (C=O) groups is 2. The summed E-state index contributed by atoms with van der Waals surface area (Å²) in [5, 5.41) is 0. The first-order chi connectivity index (χ1) is 13.0. The number of rotatable bonds is 7. The van der Waals surface area contributed by atoms with Crippen molar-refractivity contribution < 1.29 is 9.59 Å². The van der Waals surface area contributed by atoms with E-state index >= 15 is 0 Å². The molecule has 1 unspecified atom stereocenters. The number of nitrogens with zero attached hydrogens (tertiary/aromatic N) is 3. The first-order valence-corrected chi connectivity index (χ1v) is 9.32. The number of aromatic nitrogens is 1.